The average Bonchev–Trinajstić information content (AvgIpc) is 3.10. The average molecular weight is 486 g/mol. The molecule has 0 radical (unpaired) electrons. The van der Waals surface area contributed by atoms with Crippen LogP contribution in [0.1, 0.15) is 0 Å². The van der Waals surface area contributed by atoms with Gasteiger partial charge in [0.1, 0.15) is 11.3 Å². The lowest BCUT2D eigenvalue weighted by Crippen LogP contribution is -3.00. The molecule has 0 saturated carbocycles. The minimum absolute atomic E-state index is 0. The van der Waals surface area contributed by atoms with Gasteiger partial charge in [-0.3, -0.25) is 20.2 Å². The van der Waals surface area contributed by atoms with Gasteiger partial charge in [0.05, 0.1) is 26.4 Å². The van der Waals surface area contributed by atoms with Gasteiger partial charge in [0.2, 0.25) is 5.69 Å². The number of halogens is 1. The van der Waals surface area contributed by atoms with E-state index in [0.29, 0.717) is 4.90 Å². The number of benzene rings is 3. The number of non-ortho nitro benzene ring substituents is 1. The summed E-state index contributed by atoms with van der Waals surface area (Å²) in [5, 5.41) is 23.7. The highest BCUT2D eigenvalue weighted by Crippen LogP contribution is 2.44. The molecule has 32 heavy (non-hydrogen) atoms. The summed E-state index contributed by atoms with van der Waals surface area (Å²) >= 11 is 2.78. The Kier molecular flexibility index (Phi) is 7.24. The molecule has 0 aliphatic heterocycles. The molecule has 10 heteroatoms. The molecule has 0 aliphatic rings. The van der Waals surface area contributed by atoms with E-state index in [4.69, 9.17) is 0 Å². The summed E-state index contributed by atoms with van der Waals surface area (Å²) in [6.45, 7) is 0. The second kappa shape index (κ2) is 9.90. The molecule has 0 bridgehead atoms. The van der Waals surface area contributed by atoms with E-state index in [1.54, 1.807) is 0 Å². The second-order valence-corrected chi connectivity index (χ2v) is 8.91. The molecule has 7 nitrogen and oxygen atoms in total. The number of hydrogen-bond donors (Lipinski definition) is 0. The molecule has 0 atom stereocenters. The highest BCUT2D eigenvalue weighted by Gasteiger charge is 2.29. The Labute approximate surface area is 198 Å². The van der Waals surface area contributed by atoms with Gasteiger partial charge in [0, 0.05) is 11.6 Å². The maximum atomic E-state index is 11.6. The van der Waals surface area contributed by atoms with E-state index in [2.05, 4.69) is 4.57 Å². The van der Waals surface area contributed by atoms with Gasteiger partial charge < -0.3 is 12.4 Å². The quantitative estimate of drug-likeness (QED) is 0.238. The van der Waals surface area contributed by atoms with Gasteiger partial charge in [0.15, 0.2) is 0 Å². The molecule has 1 heterocycles. The maximum Gasteiger partial charge on any atom is 0.290 e. The first-order valence-electron chi connectivity index (χ1n) is 9.20. The van der Waals surface area contributed by atoms with Crippen molar-refractivity contribution in [1.82, 2.24) is 0 Å². The number of nitro groups is 2. The molecular formula is C22H16ClN3O4S2. The highest BCUT2D eigenvalue weighted by molar-refractivity contribution is 8.01. The van der Waals surface area contributed by atoms with Crippen LogP contribution in [0.3, 0.4) is 0 Å². The molecule has 4 aromatic rings. The summed E-state index contributed by atoms with van der Waals surface area (Å²) in [4.78, 5) is 21.8. The van der Waals surface area contributed by atoms with Crippen LogP contribution in [-0.4, -0.2) is 9.85 Å². The third-order valence-electron chi connectivity index (χ3n) is 4.64. The molecule has 4 rings (SSSR count). The van der Waals surface area contributed by atoms with E-state index in [-0.39, 0.29) is 23.8 Å². The van der Waals surface area contributed by atoms with E-state index in [9.17, 15) is 20.2 Å². The van der Waals surface area contributed by atoms with Crippen LogP contribution in [0.2, 0.25) is 0 Å². The van der Waals surface area contributed by atoms with Gasteiger partial charge in [-0.05, 0) is 30.3 Å². The Morgan fingerprint density at radius 3 is 2.00 bits per heavy atom. The van der Waals surface area contributed by atoms with Crippen LogP contribution in [0.15, 0.2) is 88.0 Å². The second-order valence-electron chi connectivity index (χ2n) is 6.60. The van der Waals surface area contributed by atoms with E-state index in [1.807, 2.05) is 67.7 Å². The zero-order valence-corrected chi connectivity index (χ0v) is 19.1. The van der Waals surface area contributed by atoms with Crippen molar-refractivity contribution in [3.8, 4) is 21.8 Å². The minimum atomic E-state index is -0.629. The lowest BCUT2D eigenvalue weighted by Gasteiger charge is -2.02. The topological polar surface area (TPSA) is 90.2 Å². The number of nitrogens with zero attached hydrogens (tertiary/aromatic N) is 3. The van der Waals surface area contributed by atoms with Crippen LogP contribution in [0.4, 0.5) is 11.4 Å². The molecule has 1 aromatic heterocycles. The number of nitro benzene ring substituents is 2. The SMILES string of the molecule is C[n+]1c(-c2ccccc2)sc(Sc2ccc([N+](=O)[O-])cc2[N+](=O)[O-])c1-c1ccccc1.[Cl-]. The molecule has 0 amide bonds. The Hall–Kier alpha value is -3.27. The smallest absolute Gasteiger partial charge is 0.290 e. The fourth-order valence-corrected chi connectivity index (χ4v) is 5.81. The first kappa shape index (κ1) is 23.4. The van der Waals surface area contributed by atoms with Crippen molar-refractivity contribution >= 4 is 34.5 Å². The van der Waals surface area contributed by atoms with Gasteiger partial charge in [0.25, 0.3) is 16.4 Å². The zero-order chi connectivity index (χ0) is 22.0. The molecule has 0 fully saturated rings. The van der Waals surface area contributed by atoms with Crippen LogP contribution < -0.4 is 17.0 Å². The van der Waals surface area contributed by atoms with Crippen LogP contribution in [0, 0.1) is 20.2 Å². The van der Waals surface area contributed by atoms with Crippen molar-refractivity contribution in [3.05, 3.63) is 99.1 Å². The van der Waals surface area contributed by atoms with Crippen molar-refractivity contribution in [1.29, 1.82) is 0 Å². The molecule has 0 saturated heterocycles. The summed E-state index contributed by atoms with van der Waals surface area (Å²) in [6, 6.07) is 23.5. The van der Waals surface area contributed by atoms with Crippen LogP contribution in [0.5, 0.6) is 0 Å². The lowest BCUT2D eigenvalue weighted by molar-refractivity contribution is -0.646. The highest BCUT2D eigenvalue weighted by atomic mass is 35.5. The first-order valence-corrected chi connectivity index (χ1v) is 10.8. The minimum Gasteiger partial charge on any atom is -1.00 e. The summed E-state index contributed by atoms with van der Waals surface area (Å²) in [5.41, 5.74) is 2.37. The van der Waals surface area contributed by atoms with E-state index in [0.717, 1.165) is 32.1 Å². The van der Waals surface area contributed by atoms with Crippen molar-refractivity contribution in [3.63, 3.8) is 0 Å². The van der Waals surface area contributed by atoms with Gasteiger partial charge in [-0.15, -0.1) is 0 Å². The van der Waals surface area contributed by atoms with Crippen molar-refractivity contribution in [2.24, 2.45) is 7.05 Å². The number of hydrogen-bond acceptors (Lipinski definition) is 6. The normalized spacial score (nSPS) is 10.4. The molecule has 162 valence electrons. The van der Waals surface area contributed by atoms with Crippen LogP contribution in [0.25, 0.3) is 21.8 Å². The van der Waals surface area contributed by atoms with E-state index in [1.165, 1.54) is 35.2 Å². The predicted octanol–water partition coefficient (Wildman–Crippen LogP) is 2.88. The number of rotatable bonds is 6. The van der Waals surface area contributed by atoms with Crippen LogP contribution >= 0.6 is 23.1 Å². The molecular weight excluding hydrogens is 470 g/mol. The van der Waals surface area contributed by atoms with Gasteiger partial charge in [-0.2, -0.15) is 4.57 Å². The van der Waals surface area contributed by atoms with Gasteiger partial charge in [-0.25, -0.2) is 0 Å². The van der Waals surface area contributed by atoms with Crippen molar-refractivity contribution < 1.29 is 26.8 Å². The molecule has 0 aliphatic carbocycles. The van der Waals surface area contributed by atoms with Gasteiger partial charge in [-0.1, -0.05) is 59.5 Å². The Morgan fingerprint density at radius 1 is 0.844 bits per heavy atom. The van der Waals surface area contributed by atoms with E-state index < -0.39 is 9.85 Å². The zero-order valence-electron chi connectivity index (χ0n) is 16.7. The molecule has 0 spiro atoms. The largest absolute Gasteiger partial charge is 1.00 e. The van der Waals surface area contributed by atoms with Crippen molar-refractivity contribution in [2.45, 2.75) is 9.10 Å². The van der Waals surface area contributed by atoms with Crippen LogP contribution in [-0.2, 0) is 7.05 Å². The Balaban J connectivity index is 0.00000289. The summed E-state index contributed by atoms with van der Waals surface area (Å²) in [5.74, 6) is 0. The van der Waals surface area contributed by atoms with Gasteiger partial charge >= 0.3 is 0 Å². The standard InChI is InChI=1S/C22H16N3O4S2.ClH/c1-23-20(15-8-4-2-5-9-15)22(31-21(23)16-10-6-3-7-11-16)30-19-13-12-17(24(26)27)14-18(19)25(28)29;/h2-14H,1H3;1H/q+1;/p-1. The Morgan fingerprint density at radius 2 is 1.44 bits per heavy atom. The maximum absolute atomic E-state index is 11.6. The first-order chi connectivity index (χ1) is 15.0. The fourth-order valence-electron chi connectivity index (χ4n) is 3.20. The number of aromatic nitrogens is 1. The fraction of sp³-hybridized carbons (Fsp3) is 0.0455. The third-order valence-corrected chi connectivity index (χ3v) is 7.17. The molecule has 3 aromatic carbocycles. The Bertz CT molecular complexity index is 1280. The monoisotopic (exact) mass is 485 g/mol. The molecule has 0 unspecified atom stereocenters. The predicted molar refractivity (Wildman–Crippen MR) is 120 cm³/mol. The summed E-state index contributed by atoms with van der Waals surface area (Å²) in [6.07, 6.45) is 0. The molecule has 0 N–H and O–H groups in total. The van der Waals surface area contributed by atoms with E-state index >= 15 is 0 Å². The van der Waals surface area contributed by atoms with Crippen molar-refractivity contribution in [2.75, 3.05) is 0 Å². The summed E-state index contributed by atoms with van der Waals surface area (Å²) in [7, 11) is 1.97. The lowest BCUT2D eigenvalue weighted by atomic mass is 10.1. The number of thiazole rings is 1. The third kappa shape index (κ3) is 4.64. The summed E-state index contributed by atoms with van der Waals surface area (Å²) < 4.78 is 2.94.